The highest BCUT2D eigenvalue weighted by Crippen LogP contribution is 2.33. The third kappa shape index (κ3) is 6.04. The number of rotatable bonds is 10. The smallest absolute Gasteiger partial charge is 0.412 e. The number of aromatic nitrogens is 4. The van der Waals surface area contributed by atoms with Crippen molar-refractivity contribution in [1.82, 2.24) is 25.5 Å². The molecule has 0 spiro atoms. The van der Waals surface area contributed by atoms with Crippen molar-refractivity contribution >= 4 is 6.09 Å². The first-order chi connectivity index (χ1) is 14.7. The predicted molar refractivity (Wildman–Crippen MR) is 114 cm³/mol. The first-order valence-electron chi connectivity index (χ1n) is 10.3. The van der Waals surface area contributed by atoms with E-state index in [1.165, 1.54) is 38.1 Å². The van der Waals surface area contributed by atoms with Crippen LogP contribution in [-0.4, -0.2) is 37.9 Å². The molecule has 3 aromatic rings. The number of nitrogens with one attached hydrogen (secondary N) is 2. The van der Waals surface area contributed by atoms with Crippen LogP contribution in [0.3, 0.4) is 0 Å². The Balaban J connectivity index is 1.59. The molecule has 158 valence electrons. The maximum atomic E-state index is 12.1. The number of hydrogen-bond acceptors (Lipinski definition) is 6. The van der Waals surface area contributed by atoms with E-state index in [2.05, 4.69) is 32.4 Å². The topological polar surface area (TPSA) is 113 Å². The predicted octanol–water partition coefficient (Wildman–Crippen LogP) is 4.69. The van der Waals surface area contributed by atoms with Gasteiger partial charge in [-0.1, -0.05) is 39.0 Å². The molecule has 3 rings (SSSR count). The molecule has 1 amide bonds. The molecule has 0 aliphatic carbocycles. The average molecular weight is 409 g/mol. The number of phenolic OH excluding ortho intramolecular Hbond substituents is 1. The van der Waals surface area contributed by atoms with Crippen molar-refractivity contribution in [3.63, 3.8) is 0 Å². The second-order valence-corrected chi connectivity index (χ2v) is 7.06. The maximum absolute atomic E-state index is 12.1. The highest BCUT2D eigenvalue weighted by molar-refractivity contribution is 5.76. The van der Waals surface area contributed by atoms with Gasteiger partial charge >= 0.3 is 6.09 Å². The number of carbonyl (C=O) groups excluding carboxylic acids is 1. The van der Waals surface area contributed by atoms with E-state index in [1.54, 1.807) is 24.5 Å². The molecule has 2 aromatic heterocycles. The Morgan fingerprint density at radius 1 is 1.10 bits per heavy atom. The van der Waals surface area contributed by atoms with Crippen LogP contribution in [0.15, 0.2) is 43.0 Å². The third-order valence-corrected chi connectivity index (χ3v) is 4.72. The van der Waals surface area contributed by atoms with E-state index in [0.29, 0.717) is 29.2 Å². The molecule has 0 saturated heterocycles. The number of pyridine rings is 1. The van der Waals surface area contributed by atoms with Crippen LogP contribution in [0.4, 0.5) is 4.79 Å². The third-order valence-electron chi connectivity index (χ3n) is 4.72. The fourth-order valence-electron chi connectivity index (χ4n) is 3.11. The van der Waals surface area contributed by atoms with Crippen LogP contribution in [0.2, 0.25) is 0 Å². The minimum atomic E-state index is -0.506. The van der Waals surface area contributed by atoms with E-state index in [4.69, 9.17) is 4.74 Å². The number of phenols is 1. The molecule has 0 atom stereocenters. The molecular weight excluding hydrogens is 382 g/mol. The molecule has 0 unspecified atom stereocenters. The van der Waals surface area contributed by atoms with Crippen LogP contribution >= 0.6 is 0 Å². The first-order valence-corrected chi connectivity index (χ1v) is 10.3. The Kier molecular flexibility index (Phi) is 7.77. The van der Waals surface area contributed by atoms with E-state index in [0.717, 1.165) is 18.4 Å². The first kappa shape index (κ1) is 21.3. The van der Waals surface area contributed by atoms with Crippen molar-refractivity contribution in [3.05, 3.63) is 43.0 Å². The van der Waals surface area contributed by atoms with E-state index in [1.807, 2.05) is 6.07 Å². The Hall–Kier alpha value is -3.42. The van der Waals surface area contributed by atoms with Crippen molar-refractivity contribution in [2.45, 2.75) is 45.4 Å². The molecule has 0 aliphatic heterocycles. The number of H-pyrrole nitrogens is 1. The summed E-state index contributed by atoms with van der Waals surface area (Å²) in [5.41, 5.74) is 1.90. The van der Waals surface area contributed by atoms with E-state index >= 15 is 0 Å². The number of benzene rings is 1. The number of hydrogen-bond donors (Lipinski definition) is 3. The van der Waals surface area contributed by atoms with Gasteiger partial charge < -0.3 is 15.2 Å². The van der Waals surface area contributed by atoms with Gasteiger partial charge in [-0.15, -0.1) is 0 Å². The normalized spacial score (nSPS) is 10.7. The van der Waals surface area contributed by atoms with Gasteiger partial charge in [-0.05, 0) is 30.7 Å². The monoisotopic (exact) mass is 409 g/mol. The van der Waals surface area contributed by atoms with Gasteiger partial charge in [0.15, 0.2) is 5.82 Å². The zero-order valence-electron chi connectivity index (χ0n) is 17.1. The number of aromatic amines is 1. The molecule has 0 radical (unpaired) electrons. The SMILES string of the molecule is CCCCCCCCNC(=O)Oc1ccc(O)c(-c2cncc(-c3ncn[nH]3)c2)c1. The molecule has 8 heteroatoms. The summed E-state index contributed by atoms with van der Waals surface area (Å²) in [6, 6.07) is 6.48. The molecule has 0 bridgehead atoms. The minimum Gasteiger partial charge on any atom is -0.507 e. The molecule has 8 nitrogen and oxygen atoms in total. The molecule has 0 fully saturated rings. The summed E-state index contributed by atoms with van der Waals surface area (Å²) in [5.74, 6) is 0.977. The van der Waals surface area contributed by atoms with E-state index in [9.17, 15) is 9.90 Å². The van der Waals surface area contributed by atoms with E-state index < -0.39 is 6.09 Å². The van der Waals surface area contributed by atoms with Crippen molar-refractivity contribution in [2.75, 3.05) is 6.54 Å². The second kappa shape index (κ2) is 10.9. The molecule has 2 heterocycles. The van der Waals surface area contributed by atoms with Crippen molar-refractivity contribution in [3.8, 4) is 34.0 Å². The van der Waals surface area contributed by atoms with Gasteiger partial charge in [-0.25, -0.2) is 9.78 Å². The van der Waals surface area contributed by atoms with E-state index in [-0.39, 0.29) is 5.75 Å². The van der Waals surface area contributed by atoms with Crippen LogP contribution in [0, 0.1) is 0 Å². The van der Waals surface area contributed by atoms with Crippen molar-refractivity contribution in [2.24, 2.45) is 0 Å². The van der Waals surface area contributed by atoms with Crippen molar-refractivity contribution < 1.29 is 14.6 Å². The summed E-state index contributed by atoms with van der Waals surface area (Å²) < 4.78 is 5.37. The molecule has 0 aliphatic rings. The van der Waals surface area contributed by atoms with Gasteiger partial charge in [0, 0.05) is 35.6 Å². The summed E-state index contributed by atoms with van der Waals surface area (Å²) in [6.45, 7) is 2.77. The minimum absolute atomic E-state index is 0.0614. The molecule has 30 heavy (non-hydrogen) atoms. The fourth-order valence-corrected chi connectivity index (χ4v) is 3.11. The van der Waals surface area contributed by atoms with Crippen LogP contribution in [0.5, 0.6) is 11.5 Å². The number of aromatic hydroxyl groups is 1. The zero-order valence-corrected chi connectivity index (χ0v) is 17.1. The second-order valence-electron chi connectivity index (χ2n) is 7.06. The number of ether oxygens (including phenoxy) is 1. The van der Waals surface area contributed by atoms with Gasteiger partial charge in [-0.3, -0.25) is 10.1 Å². The fraction of sp³-hybridized carbons (Fsp3) is 0.364. The van der Waals surface area contributed by atoms with Gasteiger partial charge in [0.05, 0.1) is 0 Å². The van der Waals surface area contributed by atoms with Gasteiger partial charge in [-0.2, -0.15) is 5.10 Å². The lowest BCUT2D eigenvalue weighted by atomic mass is 10.0. The standard InChI is InChI=1S/C22H27N5O3/c1-2-3-4-5-6-7-10-24-22(29)30-18-8-9-20(28)19(12-18)16-11-17(14-23-13-16)21-25-15-26-27-21/h8-9,11-15,28H,2-7,10H2,1H3,(H,24,29)(H,25,26,27). The Morgan fingerprint density at radius 2 is 1.90 bits per heavy atom. The number of unbranched alkanes of at least 4 members (excludes halogenated alkanes) is 5. The Labute approximate surface area is 175 Å². The van der Waals surface area contributed by atoms with Crippen LogP contribution in [0.25, 0.3) is 22.5 Å². The van der Waals surface area contributed by atoms with Gasteiger partial charge in [0.2, 0.25) is 0 Å². The average Bonchev–Trinajstić information content (AvgIpc) is 3.30. The zero-order chi connectivity index (χ0) is 21.2. The number of amides is 1. The lowest BCUT2D eigenvalue weighted by Gasteiger charge is -2.10. The molecule has 3 N–H and O–H groups in total. The Bertz CT molecular complexity index is 944. The lowest BCUT2D eigenvalue weighted by Crippen LogP contribution is -2.27. The summed E-state index contributed by atoms with van der Waals surface area (Å²) in [5, 5.41) is 19.7. The van der Waals surface area contributed by atoms with Crippen LogP contribution in [0.1, 0.15) is 45.4 Å². The highest BCUT2D eigenvalue weighted by atomic mass is 16.6. The molecule has 0 saturated carbocycles. The largest absolute Gasteiger partial charge is 0.507 e. The highest BCUT2D eigenvalue weighted by Gasteiger charge is 2.11. The van der Waals surface area contributed by atoms with Crippen molar-refractivity contribution in [1.29, 1.82) is 0 Å². The Morgan fingerprint density at radius 3 is 2.70 bits per heavy atom. The van der Waals surface area contributed by atoms with Crippen LogP contribution < -0.4 is 10.1 Å². The lowest BCUT2D eigenvalue weighted by molar-refractivity contribution is 0.200. The summed E-state index contributed by atoms with van der Waals surface area (Å²) in [7, 11) is 0. The summed E-state index contributed by atoms with van der Waals surface area (Å²) >= 11 is 0. The number of carbonyl (C=O) groups is 1. The summed E-state index contributed by atoms with van der Waals surface area (Å²) in [6.07, 6.45) is 11.1. The molecule has 1 aromatic carbocycles. The van der Waals surface area contributed by atoms with Crippen LogP contribution in [-0.2, 0) is 0 Å². The molecular formula is C22H27N5O3. The maximum Gasteiger partial charge on any atom is 0.412 e. The quantitative estimate of drug-likeness (QED) is 0.419. The summed E-state index contributed by atoms with van der Waals surface area (Å²) in [4.78, 5) is 20.4. The van der Waals surface area contributed by atoms with Gasteiger partial charge in [0.25, 0.3) is 0 Å². The number of nitrogens with zero attached hydrogens (tertiary/aromatic N) is 3. The van der Waals surface area contributed by atoms with Gasteiger partial charge in [0.1, 0.15) is 17.8 Å².